The van der Waals surface area contributed by atoms with E-state index in [1.807, 2.05) is 34.9 Å². The third-order valence-electron chi connectivity index (χ3n) is 6.77. The van der Waals surface area contributed by atoms with Gasteiger partial charge in [0, 0.05) is 25.2 Å². The van der Waals surface area contributed by atoms with Crippen LogP contribution < -0.4 is 9.47 Å². The van der Waals surface area contributed by atoms with Crippen LogP contribution in [0.2, 0.25) is 0 Å². The molecule has 0 fully saturated rings. The first-order valence-corrected chi connectivity index (χ1v) is 11.5. The van der Waals surface area contributed by atoms with Gasteiger partial charge in [-0.25, -0.2) is 0 Å². The van der Waals surface area contributed by atoms with Crippen molar-refractivity contribution < 1.29 is 19.1 Å². The van der Waals surface area contributed by atoms with Gasteiger partial charge in [0.25, 0.3) is 5.91 Å². The highest BCUT2D eigenvalue weighted by Crippen LogP contribution is 2.49. The average Bonchev–Trinajstić information content (AvgIpc) is 2.83. The molecule has 2 aliphatic heterocycles. The van der Waals surface area contributed by atoms with Gasteiger partial charge in [-0.15, -0.1) is 0 Å². The molecule has 2 aromatic carbocycles. The molecule has 6 heteroatoms. The van der Waals surface area contributed by atoms with E-state index >= 15 is 0 Å². The normalized spacial score (nSPS) is 19.0. The molecule has 0 aliphatic carbocycles. The molecule has 2 aliphatic rings. The molecule has 0 N–H and O–H groups in total. The van der Waals surface area contributed by atoms with E-state index in [0.29, 0.717) is 36.7 Å². The van der Waals surface area contributed by atoms with Crippen LogP contribution in [-0.2, 0) is 11.2 Å². The number of hydrogen-bond acceptors (Lipinski definition) is 4. The summed E-state index contributed by atoms with van der Waals surface area (Å²) in [6.45, 7) is 6.10. The molecule has 0 saturated heterocycles. The highest BCUT2D eigenvalue weighted by atomic mass is 16.5. The van der Waals surface area contributed by atoms with Crippen molar-refractivity contribution in [2.75, 3.05) is 33.9 Å². The minimum absolute atomic E-state index is 0.0545. The Morgan fingerprint density at radius 3 is 2.50 bits per heavy atom. The Morgan fingerprint density at radius 2 is 1.81 bits per heavy atom. The van der Waals surface area contributed by atoms with Gasteiger partial charge >= 0.3 is 0 Å². The number of unbranched alkanes of at least 4 members (excludes halogenated alkanes) is 1. The van der Waals surface area contributed by atoms with Crippen LogP contribution in [0.15, 0.2) is 36.4 Å². The molecule has 0 spiro atoms. The van der Waals surface area contributed by atoms with Gasteiger partial charge in [-0.3, -0.25) is 9.59 Å². The molecule has 0 radical (unpaired) electrons. The molecule has 2 amide bonds. The Morgan fingerprint density at radius 1 is 1.09 bits per heavy atom. The number of carbonyl (C=O) groups is 2. The van der Waals surface area contributed by atoms with Gasteiger partial charge in [-0.2, -0.15) is 0 Å². The maximum absolute atomic E-state index is 14.0. The second-order valence-electron chi connectivity index (χ2n) is 8.44. The zero-order valence-corrected chi connectivity index (χ0v) is 19.4. The van der Waals surface area contributed by atoms with Gasteiger partial charge in [0.1, 0.15) is 0 Å². The minimum atomic E-state index is -0.485. The first-order valence-electron chi connectivity index (χ1n) is 11.5. The lowest BCUT2D eigenvalue weighted by molar-refractivity contribution is -0.134. The SMILES string of the molecule is CCCCN(CC)C(=O)[C@@H]1c2cc(OC)c(OC)cc2C(=O)N2CCc3ccccc3[C@@H]12. The highest BCUT2D eigenvalue weighted by Gasteiger charge is 2.47. The Kier molecular flexibility index (Phi) is 6.40. The van der Waals surface area contributed by atoms with Gasteiger partial charge in [0.2, 0.25) is 5.91 Å². The summed E-state index contributed by atoms with van der Waals surface area (Å²) in [5.41, 5.74) is 3.53. The van der Waals surface area contributed by atoms with Crippen molar-refractivity contribution >= 4 is 11.8 Å². The number of carbonyl (C=O) groups excluding carboxylic acids is 2. The molecule has 2 heterocycles. The summed E-state index contributed by atoms with van der Waals surface area (Å²) in [6.07, 6.45) is 2.76. The monoisotopic (exact) mass is 436 g/mol. The Labute approximate surface area is 190 Å². The first-order chi connectivity index (χ1) is 15.5. The van der Waals surface area contributed by atoms with Crippen LogP contribution in [0.5, 0.6) is 11.5 Å². The molecule has 6 nitrogen and oxygen atoms in total. The molecule has 0 aromatic heterocycles. The molecule has 4 rings (SSSR count). The quantitative estimate of drug-likeness (QED) is 0.653. The molecule has 0 unspecified atom stereocenters. The van der Waals surface area contributed by atoms with Crippen LogP contribution in [0.25, 0.3) is 0 Å². The van der Waals surface area contributed by atoms with Crippen molar-refractivity contribution in [2.45, 2.75) is 45.1 Å². The predicted octanol–water partition coefficient (Wildman–Crippen LogP) is 4.19. The number of amides is 2. The van der Waals surface area contributed by atoms with Crippen LogP contribution in [-0.4, -0.2) is 55.5 Å². The number of hydrogen-bond donors (Lipinski definition) is 0. The van der Waals surface area contributed by atoms with Crippen LogP contribution in [0.3, 0.4) is 0 Å². The fourth-order valence-corrected chi connectivity index (χ4v) is 5.09. The van der Waals surface area contributed by atoms with E-state index in [4.69, 9.17) is 9.47 Å². The summed E-state index contributed by atoms with van der Waals surface area (Å²) < 4.78 is 11.0. The number of fused-ring (bicyclic) bond motifs is 4. The zero-order chi connectivity index (χ0) is 22.8. The third kappa shape index (κ3) is 3.61. The maximum Gasteiger partial charge on any atom is 0.254 e. The van der Waals surface area contributed by atoms with E-state index in [1.54, 1.807) is 20.3 Å². The number of methoxy groups -OCH3 is 2. The maximum atomic E-state index is 14.0. The van der Waals surface area contributed by atoms with E-state index in [1.165, 1.54) is 5.56 Å². The van der Waals surface area contributed by atoms with Gasteiger partial charge in [0.05, 0.1) is 26.2 Å². The van der Waals surface area contributed by atoms with Gasteiger partial charge in [-0.05, 0) is 48.6 Å². The summed E-state index contributed by atoms with van der Waals surface area (Å²) in [5, 5.41) is 0. The second-order valence-corrected chi connectivity index (χ2v) is 8.44. The van der Waals surface area contributed by atoms with Crippen LogP contribution in [0.4, 0.5) is 0 Å². The highest BCUT2D eigenvalue weighted by molar-refractivity contribution is 6.02. The van der Waals surface area contributed by atoms with Gasteiger partial charge in [-0.1, -0.05) is 37.6 Å². The number of rotatable bonds is 7. The standard InChI is InChI=1S/C26H32N2O4/c1-5-7-13-27(6-2)26(30)23-19-15-21(31-3)22(32-4)16-20(19)25(29)28-14-12-17-10-8-9-11-18(17)24(23)28/h8-11,15-16,23-24H,5-7,12-14H2,1-4H3/t23-,24+/m1/s1. The molecular formula is C26H32N2O4. The third-order valence-corrected chi connectivity index (χ3v) is 6.77. The van der Waals surface area contributed by atoms with Crippen molar-refractivity contribution in [3.8, 4) is 11.5 Å². The molecule has 0 saturated carbocycles. The Balaban J connectivity index is 1.91. The van der Waals surface area contributed by atoms with Crippen molar-refractivity contribution in [2.24, 2.45) is 0 Å². The number of likely N-dealkylation sites (N-methyl/N-ethyl adjacent to an activating group) is 1. The van der Waals surface area contributed by atoms with Crippen molar-refractivity contribution in [3.05, 3.63) is 58.7 Å². The number of ether oxygens (including phenoxy) is 2. The zero-order valence-electron chi connectivity index (χ0n) is 19.4. The molecule has 0 bridgehead atoms. The Hall–Kier alpha value is -3.02. The lowest BCUT2D eigenvalue weighted by Crippen LogP contribution is -2.51. The lowest BCUT2D eigenvalue weighted by Gasteiger charge is -2.46. The van der Waals surface area contributed by atoms with E-state index in [-0.39, 0.29) is 17.9 Å². The fourth-order valence-electron chi connectivity index (χ4n) is 5.09. The van der Waals surface area contributed by atoms with E-state index in [0.717, 1.165) is 30.4 Å². The van der Waals surface area contributed by atoms with Gasteiger partial charge < -0.3 is 19.3 Å². The smallest absolute Gasteiger partial charge is 0.254 e. The summed E-state index contributed by atoms with van der Waals surface area (Å²) in [4.78, 5) is 31.5. The molecule has 2 atom stereocenters. The lowest BCUT2D eigenvalue weighted by atomic mass is 9.75. The number of benzene rings is 2. The topological polar surface area (TPSA) is 59.1 Å². The molecule has 170 valence electrons. The van der Waals surface area contributed by atoms with Crippen LogP contribution in [0.1, 0.15) is 65.7 Å². The summed E-state index contributed by atoms with van der Waals surface area (Å²) in [5.74, 6) is 0.557. The predicted molar refractivity (Wildman–Crippen MR) is 123 cm³/mol. The summed E-state index contributed by atoms with van der Waals surface area (Å²) in [6, 6.07) is 11.4. The minimum Gasteiger partial charge on any atom is -0.493 e. The largest absolute Gasteiger partial charge is 0.493 e. The fraction of sp³-hybridized carbons (Fsp3) is 0.462. The summed E-state index contributed by atoms with van der Waals surface area (Å²) >= 11 is 0. The summed E-state index contributed by atoms with van der Waals surface area (Å²) in [7, 11) is 3.14. The average molecular weight is 437 g/mol. The van der Waals surface area contributed by atoms with Crippen molar-refractivity contribution in [1.29, 1.82) is 0 Å². The van der Waals surface area contributed by atoms with Crippen LogP contribution in [0, 0.1) is 0 Å². The van der Waals surface area contributed by atoms with E-state index < -0.39 is 5.92 Å². The van der Waals surface area contributed by atoms with Crippen LogP contribution >= 0.6 is 0 Å². The van der Waals surface area contributed by atoms with Crippen molar-refractivity contribution in [3.63, 3.8) is 0 Å². The van der Waals surface area contributed by atoms with E-state index in [9.17, 15) is 9.59 Å². The second kappa shape index (κ2) is 9.23. The van der Waals surface area contributed by atoms with E-state index in [2.05, 4.69) is 19.1 Å². The molecule has 2 aromatic rings. The first kappa shape index (κ1) is 22.2. The Bertz CT molecular complexity index is 1020. The number of nitrogens with zero attached hydrogens (tertiary/aromatic N) is 2. The molecular weight excluding hydrogens is 404 g/mol. The molecule has 32 heavy (non-hydrogen) atoms. The van der Waals surface area contributed by atoms with Gasteiger partial charge in [0.15, 0.2) is 11.5 Å². The van der Waals surface area contributed by atoms with Crippen molar-refractivity contribution in [1.82, 2.24) is 9.80 Å².